The van der Waals surface area contributed by atoms with Gasteiger partial charge in [0.1, 0.15) is 11.6 Å². The number of hydrogen-bond acceptors (Lipinski definition) is 3. The minimum Gasteiger partial charge on any atom is -0.347 e. The monoisotopic (exact) mass is 314 g/mol. The Labute approximate surface area is 123 Å². The fraction of sp³-hybridized carbons (Fsp3) is 0.286. The van der Waals surface area contributed by atoms with Crippen LogP contribution >= 0.6 is 11.3 Å². The number of thiazole rings is 1. The van der Waals surface area contributed by atoms with Crippen LogP contribution in [0.3, 0.4) is 0 Å². The molecule has 0 aliphatic heterocycles. The van der Waals surface area contributed by atoms with Gasteiger partial charge in [0.05, 0.1) is 12.1 Å². The van der Waals surface area contributed by atoms with Crippen LogP contribution in [0.1, 0.15) is 11.3 Å². The first-order valence-electron chi connectivity index (χ1n) is 6.18. The van der Waals surface area contributed by atoms with Crippen molar-refractivity contribution in [1.29, 1.82) is 0 Å². The van der Waals surface area contributed by atoms with E-state index in [1.807, 2.05) is 36.5 Å². The number of rotatable bonds is 4. The van der Waals surface area contributed by atoms with Crippen molar-refractivity contribution < 1.29 is 18.0 Å². The normalized spacial score (nSPS) is 11.4. The number of aryl methyl sites for hydroxylation is 1. The summed E-state index contributed by atoms with van der Waals surface area (Å²) in [5.74, 6) is -0.687. The van der Waals surface area contributed by atoms with E-state index < -0.39 is 18.6 Å². The van der Waals surface area contributed by atoms with Crippen LogP contribution < -0.4 is 5.32 Å². The highest BCUT2D eigenvalue weighted by Gasteiger charge is 2.27. The zero-order chi connectivity index (χ0) is 15.5. The zero-order valence-corrected chi connectivity index (χ0v) is 12.0. The number of benzene rings is 1. The molecule has 3 nitrogen and oxygen atoms in total. The molecule has 0 aliphatic carbocycles. The Morgan fingerprint density at radius 3 is 2.81 bits per heavy atom. The average molecular weight is 314 g/mol. The number of carbonyl (C=O) groups excluding carboxylic acids is 1. The molecule has 0 saturated carbocycles. The molecule has 0 unspecified atom stereocenters. The van der Waals surface area contributed by atoms with Gasteiger partial charge in [0, 0.05) is 10.9 Å². The number of nitrogens with one attached hydrogen (secondary N) is 1. The second-order valence-corrected chi connectivity index (χ2v) is 5.44. The lowest BCUT2D eigenvalue weighted by Gasteiger charge is -2.07. The molecule has 7 heteroatoms. The van der Waals surface area contributed by atoms with E-state index in [2.05, 4.69) is 4.98 Å². The molecule has 0 radical (unpaired) electrons. The quantitative estimate of drug-likeness (QED) is 0.940. The van der Waals surface area contributed by atoms with Gasteiger partial charge in [-0.25, -0.2) is 4.98 Å². The van der Waals surface area contributed by atoms with Gasteiger partial charge in [-0.3, -0.25) is 4.79 Å². The fourth-order valence-corrected chi connectivity index (χ4v) is 2.54. The largest absolute Gasteiger partial charge is 0.405 e. The summed E-state index contributed by atoms with van der Waals surface area (Å²) in [6.45, 7) is 0.642. The summed E-state index contributed by atoms with van der Waals surface area (Å²) in [4.78, 5) is 15.7. The lowest BCUT2D eigenvalue weighted by molar-refractivity contribution is -0.138. The molecular formula is C14H13F3N2OS. The van der Waals surface area contributed by atoms with Crippen molar-refractivity contribution in [2.24, 2.45) is 0 Å². The minimum atomic E-state index is -4.40. The molecule has 21 heavy (non-hydrogen) atoms. The van der Waals surface area contributed by atoms with E-state index in [0.717, 1.165) is 16.1 Å². The molecule has 0 atom stereocenters. The van der Waals surface area contributed by atoms with Crippen molar-refractivity contribution in [3.05, 3.63) is 40.9 Å². The molecule has 1 amide bonds. The standard InChI is InChI=1S/C14H13F3N2OS/c1-9-3-2-4-10(5-9)13-19-11(7-21-13)6-12(20)18-8-14(15,16)17/h2-5,7H,6,8H2,1H3,(H,18,20). The third kappa shape index (κ3) is 4.86. The van der Waals surface area contributed by atoms with Crippen LogP contribution in [-0.4, -0.2) is 23.6 Å². The Balaban J connectivity index is 1.99. The fourth-order valence-electron chi connectivity index (χ4n) is 1.72. The molecule has 0 fully saturated rings. The molecular weight excluding hydrogens is 301 g/mol. The molecule has 112 valence electrons. The second kappa shape index (κ2) is 6.26. The maximum absolute atomic E-state index is 12.0. The summed E-state index contributed by atoms with van der Waals surface area (Å²) in [7, 11) is 0. The van der Waals surface area contributed by atoms with Crippen LogP contribution in [0, 0.1) is 6.92 Å². The summed E-state index contributed by atoms with van der Waals surface area (Å²) in [6.07, 6.45) is -4.55. The smallest absolute Gasteiger partial charge is 0.347 e. The summed E-state index contributed by atoms with van der Waals surface area (Å²) in [5.41, 5.74) is 2.49. The van der Waals surface area contributed by atoms with Gasteiger partial charge in [0.25, 0.3) is 0 Å². The molecule has 0 spiro atoms. The highest BCUT2D eigenvalue weighted by molar-refractivity contribution is 7.13. The maximum Gasteiger partial charge on any atom is 0.405 e. The Morgan fingerprint density at radius 1 is 1.38 bits per heavy atom. The van der Waals surface area contributed by atoms with E-state index in [-0.39, 0.29) is 6.42 Å². The van der Waals surface area contributed by atoms with E-state index in [1.165, 1.54) is 11.3 Å². The first-order valence-corrected chi connectivity index (χ1v) is 7.06. The number of amides is 1. The molecule has 1 aromatic carbocycles. The molecule has 1 heterocycles. The molecule has 0 saturated heterocycles. The van der Waals surface area contributed by atoms with E-state index in [4.69, 9.17) is 0 Å². The number of aromatic nitrogens is 1. The highest BCUT2D eigenvalue weighted by Crippen LogP contribution is 2.24. The third-order valence-electron chi connectivity index (χ3n) is 2.64. The molecule has 0 aliphatic rings. The van der Waals surface area contributed by atoms with E-state index >= 15 is 0 Å². The number of alkyl halides is 3. The van der Waals surface area contributed by atoms with E-state index in [1.54, 1.807) is 5.38 Å². The summed E-state index contributed by atoms with van der Waals surface area (Å²) in [5, 5.41) is 4.26. The van der Waals surface area contributed by atoms with Crippen molar-refractivity contribution in [2.45, 2.75) is 19.5 Å². The van der Waals surface area contributed by atoms with Crippen LogP contribution in [0.4, 0.5) is 13.2 Å². The van der Waals surface area contributed by atoms with Gasteiger partial charge >= 0.3 is 6.18 Å². The van der Waals surface area contributed by atoms with Crippen molar-refractivity contribution in [3.63, 3.8) is 0 Å². The first kappa shape index (κ1) is 15.5. The molecule has 1 aromatic heterocycles. The maximum atomic E-state index is 12.0. The van der Waals surface area contributed by atoms with Gasteiger partial charge in [-0.05, 0) is 13.0 Å². The minimum absolute atomic E-state index is 0.154. The lowest BCUT2D eigenvalue weighted by Crippen LogP contribution is -2.34. The molecule has 0 bridgehead atoms. The number of halogens is 3. The topological polar surface area (TPSA) is 42.0 Å². The van der Waals surface area contributed by atoms with Gasteiger partial charge in [0.15, 0.2) is 0 Å². The Morgan fingerprint density at radius 2 is 2.14 bits per heavy atom. The molecule has 2 rings (SSSR count). The van der Waals surface area contributed by atoms with Crippen LogP contribution in [-0.2, 0) is 11.2 Å². The van der Waals surface area contributed by atoms with Gasteiger partial charge in [-0.2, -0.15) is 13.2 Å². The van der Waals surface area contributed by atoms with Gasteiger partial charge in [0.2, 0.25) is 5.91 Å². The zero-order valence-electron chi connectivity index (χ0n) is 11.2. The first-order chi connectivity index (χ1) is 9.83. The third-order valence-corrected chi connectivity index (χ3v) is 3.58. The Kier molecular flexibility index (Phi) is 4.62. The summed E-state index contributed by atoms with van der Waals surface area (Å²) in [6, 6.07) is 7.73. The van der Waals surface area contributed by atoms with Crippen molar-refractivity contribution in [1.82, 2.24) is 10.3 Å². The molecule has 1 N–H and O–H groups in total. The van der Waals surface area contributed by atoms with Crippen LogP contribution in [0.2, 0.25) is 0 Å². The number of carbonyl (C=O) groups is 1. The van der Waals surface area contributed by atoms with Gasteiger partial charge in [-0.15, -0.1) is 11.3 Å². The van der Waals surface area contributed by atoms with Crippen LogP contribution in [0.25, 0.3) is 10.6 Å². The molecule has 2 aromatic rings. The summed E-state index contributed by atoms with van der Waals surface area (Å²) >= 11 is 1.36. The predicted molar refractivity (Wildman–Crippen MR) is 75.1 cm³/mol. The second-order valence-electron chi connectivity index (χ2n) is 4.58. The van der Waals surface area contributed by atoms with Gasteiger partial charge in [-0.1, -0.05) is 23.8 Å². The van der Waals surface area contributed by atoms with Crippen molar-refractivity contribution in [3.8, 4) is 10.6 Å². The van der Waals surface area contributed by atoms with Crippen molar-refractivity contribution >= 4 is 17.2 Å². The number of nitrogens with zero attached hydrogens (tertiary/aromatic N) is 1. The van der Waals surface area contributed by atoms with E-state index in [0.29, 0.717) is 5.69 Å². The lowest BCUT2D eigenvalue weighted by atomic mass is 10.1. The van der Waals surface area contributed by atoms with E-state index in [9.17, 15) is 18.0 Å². The predicted octanol–water partition coefficient (Wildman–Crippen LogP) is 3.34. The van der Waals surface area contributed by atoms with Crippen LogP contribution in [0.5, 0.6) is 0 Å². The summed E-state index contributed by atoms with van der Waals surface area (Å²) < 4.78 is 36.0. The van der Waals surface area contributed by atoms with Crippen molar-refractivity contribution in [2.75, 3.05) is 6.54 Å². The highest BCUT2D eigenvalue weighted by atomic mass is 32.1. The number of hydrogen-bond donors (Lipinski definition) is 1. The van der Waals surface area contributed by atoms with Gasteiger partial charge < -0.3 is 5.32 Å². The SMILES string of the molecule is Cc1cccc(-c2nc(CC(=O)NCC(F)(F)F)cs2)c1. The average Bonchev–Trinajstić information content (AvgIpc) is 2.84. The Hall–Kier alpha value is -1.89. The van der Waals surface area contributed by atoms with Crippen LogP contribution in [0.15, 0.2) is 29.6 Å². The Bertz CT molecular complexity index is 637.